The van der Waals surface area contributed by atoms with Crippen LogP contribution < -0.4 is 11.1 Å². The Labute approximate surface area is 101 Å². The van der Waals surface area contributed by atoms with E-state index in [0.717, 1.165) is 16.9 Å². The molecule has 1 heterocycles. The zero-order valence-corrected chi connectivity index (χ0v) is 10.0. The van der Waals surface area contributed by atoms with Gasteiger partial charge >= 0.3 is 0 Å². The number of hydrogen-bond acceptors (Lipinski definition) is 4. The highest BCUT2D eigenvalue weighted by atomic mass is 15.1. The zero-order chi connectivity index (χ0) is 12.3. The molecular weight excluding hydrogens is 212 g/mol. The molecule has 0 aliphatic carbocycles. The lowest BCUT2D eigenvalue weighted by Gasteiger charge is -2.16. The first-order chi connectivity index (χ1) is 8.16. The molecule has 0 bridgehead atoms. The molecule has 0 amide bonds. The molecule has 0 radical (unpaired) electrons. The summed E-state index contributed by atoms with van der Waals surface area (Å²) in [5, 5.41) is 3.24. The van der Waals surface area contributed by atoms with Gasteiger partial charge in [-0.15, -0.1) is 0 Å². The fourth-order valence-corrected chi connectivity index (χ4v) is 1.70. The normalized spacial score (nSPS) is 12.1. The van der Waals surface area contributed by atoms with Crippen molar-refractivity contribution >= 4 is 11.6 Å². The molecule has 88 valence electrons. The number of para-hydroxylation sites is 1. The quantitative estimate of drug-likeness (QED) is 0.792. The van der Waals surface area contributed by atoms with Gasteiger partial charge in [0, 0.05) is 17.6 Å². The summed E-state index contributed by atoms with van der Waals surface area (Å²) in [7, 11) is 0. The van der Waals surface area contributed by atoms with E-state index in [4.69, 9.17) is 5.73 Å². The third-order valence-electron chi connectivity index (χ3n) is 2.60. The minimum absolute atomic E-state index is 0.0815. The molecule has 3 N–H and O–H groups in total. The van der Waals surface area contributed by atoms with Gasteiger partial charge in [-0.1, -0.05) is 18.2 Å². The molecule has 4 heteroatoms. The van der Waals surface area contributed by atoms with E-state index in [0.29, 0.717) is 5.95 Å². The second kappa shape index (κ2) is 4.82. The molecule has 1 atom stereocenters. The van der Waals surface area contributed by atoms with Crippen molar-refractivity contribution in [2.24, 2.45) is 0 Å². The molecule has 0 saturated carbocycles. The number of nitrogens with two attached hydrogens (primary N) is 1. The Balaban J connectivity index is 2.17. The number of aromatic nitrogens is 2. The number of hydrogen-bond donors (Lipinski definition) is 2. The van der Waals surface area contributed by atoms with Crippen LogP contribution in [0.15, 0.2) is 36.5 Å². The van der Waals surface area contributed by atoms with E-state index in [2.05, 4.69) is 15.3 Å². The van der Waals surface area contributed by atoms with Gasteiger partial charge in [0.25, 0.3) is 0 Å². The van der Waals surface area contributed by atoms with Crippen molar-refractivity contribution in [1.29, 1.82) is 0 Å². The van der Waals surface area contributed by atoms with E-state index < -0.39 is 0 Å². The molecular formula is C13H16N4. The fraction of sp³-hybridized carbons (Fsp3) is 0.231. The largest absolute Gasteiger partial charge is 0.398 e. The van der Waals surface area contributed by atoms with E-state index in [1.807, 2.05) is 44.2 Å². The van der Waals surface area contributed by atoms with Gasteiger partial charge in [0.2, 0.25) is 5.95 Å². The molecule has 0 aliphatic rings. The van der Waals surface area contributed by atoms with Crippen LogP contribution in [0.4, 0.5) is 11.6 Å². The van der Waals surface area contributed by atoms with E-state index >= 15 is 0 Å². The second-order valence-corrected chi connectivity index (χ2v) is 4.02. The average Bonchev–Trinajstić information content (AvgIpc) is 2.29. The third-order valence-corrected chi connectivity index (χ3v) is 2.60. The second-order valence-electron chi connectivity index (χ2n) is 4.02. The maximum Gasteiger partial charge on any atom is 0.223 e. The molecule has 0 fully saturated rings. The number of aryl methyl sites for hydroxylation is 1. The van der Waals surface area contributed by atoms with Crippen LogP contribution in [0.3, 0.4) is 0 Å². The summed E-state index contributed by atoms with van der Waals surface area (Å²) in [6, 6.07) is 9.74. The Kier molecular flexibility index (Phi) is 3.23. The van der Waals surface area contributed by atoms with Crippen LogP contribution in [0.5, 0.6) is 0 Å². The van der Waals surface area contributed by atoms with Crippen molar-refractivity contribution in [2.45, 2.75) is 19.9 Å². The van der Waals surface area contributed by atoms with E-state index in [-0.39, 0.29) is 6.04 Å². The summed E-state index contributed by atoms with van der Waals surface area (Å²) in [6.07, 6.45) is 1.74. The molecule has 2 rings (SSSR count). The molecule has 0 saturated heterocycles. The highest BCUT2D eigenvalue weighted by Crippen LogP contribution is 2.22. The van der Waals surface area contributed by atoms with Gasteiger partial charge in [0.15, 0.2) is 0 Å². The van der Waals surface area contributed by atoms with Gasteiger partial charge < -0.3 is 11.1 Å². The lowest BCUT2D eigenvalue weighted by molar-refractivity contribution is 0.860. The number of rotatable bonds is 3. The Morgan fingerprint density at radius 2 is 2.00 bits per heavy atom. The Morgan fingerprint density at radius 3 is 2.71 bits per heavy atom. The summed E-state index contributed by atoms with van der Waals surface area (Å²) >= 11 is 0. The summed E-state index contributed by atoms with van der Waals surface area (Å²) in [5.41, 5.74) is 8.70. The molecule has 1 aromatic heterocycles. The Morgan fingerprint density at radius 1 is 1.24 bits per heavy atom. The summed E-state index contributed by atoms with van der Waals surface area (Å²) in [6.45, 7) is 3.98. The van der Waals surface area contributed by atoms with Crippen molar-refractivity contribution < 1.29 is 0 Å². The van der Waals surface area contributed by atoms with Crippen LogP contribution in [0, 0.1) is 6.92 Å². The van der Waals surface area contributed by atoms with Crippen LogP contribution in [0.2, 0.25) is 0 Å². The molecule has 4 nitrogen and oxygen atoms in total. The van der Waals surface area contributed by atoms with Crippen LogP contribution in [0.25, 0.3) is 0 Å². The first kappa shape index (κ1) is 11.4. The fourth-order valence-electron chi connectivity index (χ4n) is 1.70. The average molecular weight is 228 g/mol. The first-order valence-electron chi connectivity index (χ1n) is 5.57. The zero-order valence-electron chi connectivity index (χ0n) is 10.0. The van der Waals surface area contributed by atoms with Crippen LogP contribution in [-0.4, -0.2) is 9.97 Å². The predicted molar refractivity (Wildman–Crippen MR) is 69.7 cm³/mol. The van der Waals surface area contributed by atoms with Gasteiger partial charge in [0.05, 0.1) is 6.04 Å². The standard InChI is InChI=1S/C13H16N4/c1-9-7-8-15-13(16-9)17-10(2)11-5-3-4-6-12(11)14/h3-8,10H,14H2,1-2H3,(H,15,16,17). The van der Waals surface area contributed by atoms with Crippen molar-refractivity contribution in [3.63, 3.8) is 0 Å². The maximum absolute atomic E-state index is 5.92. The van der Waals surface area contributed by atoms with Crippen molar-refractivity contribution in [3.8, 4) is 0 Å². The lowest BCUT2D eigenvalue weighted by atomic mass is 10.1. The number of benzene rings is 1. The predicted octanol–water partition coefficient (Wildman–Crippen LogP) is 2.54. The van der Waals surface area contributed by atoms with Gasteiger partial charge in [-0.2, -0.15) is 0 Å². The Bertz CT molecular complexity index is 510. The SMILES string of the molecule is Cc1ccnc(NC(C)c2ccccc2N)n1. The summed E-state index contributed by atoms with van der Waals surface area (Å²) in [4.78, 5) is 8.48. The first-order valence-corrected chi connectivity index (χ1v) is 5.57. The molecule has 0 spiro atoms. The number of anilines is 2. The smallest absolute Gasteiger partial charge is 0.223 e. The van der Waals surface area contributed by atoms with Crippen molar-refractivity contribution in [2.75, 3.05) is 11.1 Å². The van der Waals surface area contributed by atoms with Gasteiger partial charge in [-0.3, -0.25) is 0 Å². The number of nitrogens with one attached hydrogen (secondary N) is 1. The third kappa shape index (κ3) is 2.72. The molecule has 17 heavy (non-hydrogen) atoms. The minimum atomic E-state index is 0.0815. The lowest BCUT2D eigenvalue weighted by Crippen LogP contribution is -2.11. The minimum Gasteiger partial charge on any atom is -0.398 e. The highest BCUT2D eigenvalue weighted by molar-refractivity contribution is 5.50. The monoisotopic (exact) mass is 228 g/mol. The van der Waals surface area contributed by atoms with Gasteiger partial charge in [-0.05, 0) is 31.5 Å². The van der Waals surface area contributed by atoms with Gasteiger partial charge in [-0.25, -0.2) is 9.97 Å². The topological polar surface area (TPSA) is 63.8 Å². The van der Waals surface area contributed by atoms with Crippen molar-refractivity contribution in [1.82, 2.24) is 9.97 Å². The van der Waals surface area contributed by atoms with E-state index in [1.54, 1.807) is 6.20 Å². The molecule has 1 aromatic carbocycles. The molecule has 0 aliphatic heterocycles. The van der Waals surface area contributed by atoms with Crippen molar-refractivity contribution in [3.05, 3.63) is 47.8 Å². The van der Waals surface area contributed by atoms with Gasteiger partial charge in [0.1, 0.15) is 0 Å². The number of nitrogens with zero attached hydrogens (tertiary/aromatic N) is 2. The highest BCUT2D eigenvalue weighted by Gasteiger charge is 2.09. The van der Waals surface area contributed by atoms with Crippen LogP contribution in [-0.2, 0) is 0 Å². The van der Waals surface area contributed by atoms with E-state index in [9.17, 15) is 0 Å². The van der Waals surface area contributed by atoms with Crippen LogP contribution in [0.1, 0.15) is 24.2 Å². The van der Waals surface area contributed by atoms with E-state index in [1.165, 1.54) is 0 Å². The molecule has 2 aromatic rings. The number of nitrogen functional groups attached to an aromatic ring is 1. The molecule has 1 unspecified atom stereocenters. The van der Waals surface area contributed by atoms with Crippen LogP contribution >= 0.6 is 0 Å². The summed E-state index contributed by atoms with van der Waals surface area (Å²) < 4.78 is 0. The Hall–Kier alpha value is -2.10. The summed E-state index contributed by atoms with van der Waals surface area (Å²) in [5.74, 6) is 0.626. The maximum atomic E-state index is 5.92.